The molecule has 0 saturated heterocycles. The summed E-state index contributed by atoms with van der Waals surface area (Å²) in [6.45, 7) is 3.19. The lowest BCUT2D eigenvalue weighted by Gasteiger charge is -2.25. The van der Waals surface area contributed by atoms with Crippen molar-refractivity contribution in [1.29, 1.82) is 0 Å². The van der Waals surface area contributed by atoms with E-state index in [9.17, 15) is 4.79 Å². The molecule has 0 spiro atoms. The summed E-state index contributed by atoms with van der Waals surface area (Å²) in [5.41, 5.74) is 1.30. The minimum absolute atomic E-state index is 0.198. The van der Waals surface area contributed by atoms with E-state index in [-0.39, 0.29) is 12.5 Å². The van der Waals surface area contributed by atoms with Crippen LogP contribution in [0.2, 0.25) is 0 Å². The van der Waals surface area contributed by atoms with Gasteiger partial charge in [-0.25, -0.2) is 0 Å². The summed E-state index contributed by atoms with van der Waals surface area (Å²) in [6, 6.07) is 15.4. The van der Waals surface area contributed by atoms with Crippen LogP contribution >= 0.6 is 0 Å². The van der Waals surface area contributed by atoms with E-state index in [0.29, 0.717) is 24.7 Å². The number of para-hydroxylation sites is 2. The fourth-order valence-corrected chi connectivity index (χ4v) is 2.65. The zero-order valence-electron chi connectivity index (χ0n) is 14.4. The Morgan fingerprint density at radius 1 is 1.16 bits per heavy atom. The highest BCUT2D eigenvalue weighted by molar-refractivity contribution is 5.81. The van der Waals surface area contributed by atoms with Crippen molar-refractivity contribution in [3.05, 3.63) is 54.1 Å². The monoisotopic (exact) mass is 341 g/mol. The third kappa shape index (κ3) is 4.66. The summed E-state index contributed by atoms with van der Waals surface area (Å²) >= 11 is 0. The van der Waals surface area contributed by atoms with E-state index in [2.05, 4.69) is 24.4 Å². The molecule has 0 aliphatic carbocycles. The molecular weight excluding hydrogens is 318 g/mol. The lowest BCUT2D eigenvalue weighted by molar-refractivity contribution is -0.130. The Morgan fingerprint density at radius 2 is 1.92 bits per heavy atom. The van der Waals surface area contributed by atoms with Crippen molar-refractivity contribution in [1.82, 2.24) is 5.32 Å². The van der Waals surface area contributed by atoms with Gasteiger partial charge in [0.05, 0.1) is 6.54 Å². The van der Waals surface area contributed by atoms with E-state index in [1.807, 2.05) is 30.3 Å². The molecule has 5 nitrogen and oxygen atoms in total. The molecule has 0 bridgehead atoms. The predicted molar refractivity (Wildman–Crippen MR) is 95.3 cm³/mol. The summed E-state index contributed by atoms with van der Waals surface area (Å²) in [6.07, 6.45) is 1.57. The second-order valence-corrected chi connectivity index (χ2v) is 5.90. The van der Waals surface area contributed by atoms with Crippen LogP contribution in [0.25, 0.3) is 0 Å². The Balaban J connectivity index is 1.40. The Kier molecular flexibility index (Phi) is 5.77. The van der Waals surface area contributed by atoms with E-state index < -0.39 is 6.10 Å². The average Bonchev–Trinajstić information content (AvgIpc) is 2.66. The van der Waals surface area contributed by atoms with Crippen molar-refractivity contribution in [2.75, 3.05) is 19.8 Å². The standard InChI is InChI=1S/C20H23NO4/c1-2-5-15-8-10-16(11-9-15)23-13-12-21-20(22)19-14-24-17-6-3-4-7-18(17)25-19/h3-4,6-11,19H,2,5,12-14H2,1H3,(H,21,22)/t19-/m1/s1. The minimum atomic E-state index is -0.636. The SMILES string of the molecule is CCCc1ccc(OCCNC(=O)[C@H]2COc3ccccc3O2)cc1. The number of hydrogen-bond acceptors (Lipinski definition) is 4. The second-order valence-electron chi connectivity index (χ2n) is 5.90. The van der Waals surface area contributed by atoms with Gasteiger partial charge in [-0.3, -0.25) is 4.79 Å². The first-order valence-corrected chi connectivity index (χ1v) is 8.64. The summed E-state index contributed by atoms with van der Waals surface area (Å²) < 4.78 is 16.9. The molecule has 0 saturated carbocycles. The molecule has 2 aromatic carbocycles. The van der Waals surface area contributed by atoms with Crippen molar-refractivity contribution in [2.24, 2.45) is 0 Å². The van der Waals surface area contributed by atoms with E-state index >= 15 is 0 Å². The van der Waals surface area contributed by atoms with Crippen LogP contribution in [-0.2, 0) is 11.2 Å². The first-order chi connectivity index (χ1) is 12.3. The lowest BCUT2D eigenvalue weighted by Crippen LogP contribution is -2.45. The maximum Gasteiger partial charge on any atom is 0.264 e. The molecule has 0 unspecified atom stereocenters. The molecule has 132 valence electrons. The number of aryl methyl sites for hydroxylation is 1. The van der Waals surface area contributed by atoms with Gasteiger partial charge < -0.3 is 19.5 Å². The van der Waals surface area contributed by atoms with Crippen molar-refractivity contribution >= 4 is 5.91 Å². The van der Waals surface area contributed by atoms with Crippen LogP contribution in [0.5, 0.6) is 17.2 Å². The largest absolute Gasteiger partial charge is 0.492 e. The third-order valence-corrected chi connectivity index (χ3v) is 3.93. The van der Waals surface area contributed by atoms with Gasteiger partial charge in [0.25, 0.3) is 5.91 Å². The molecule has 25 heavy (non-hydrogen) atoms. The van der Waals surface area contributed by atoms with Crippen LogP contribution in [0, 0.1) is 0 Å². The van der Waals surface area contributed by atoms with Crippen molar-refractivity contribution < 1.29 is 19.0 Å². The predicted octanol–water partition coefficient (Wildman–Crippen LogP) is 2.97. The minimum Gasteiger partial charge on any atom is -0.492 e. The Hall–Kier alpha value is -2.69. The number of amides is 1. The van der Waals surface area contributed by atoms with E-state index in [1.54, 1.807) is 6.07 Å². The molecule has 1 N–H and O–H groups in total. The molecule has 5 heteroatoms. The Bertz CT molecular complexity index is 699. The van der Waals surface area contributed by atoms with Crippen molar-refractivity contribution in [3.63, 3.8) is 0 Å². The molecule has 1 aliphatic heterocycles. The van der Waals surface area contributed by atoms with E-state index in [4.69, 9.17) is 14.2 Å². The quantitative estimate of drug-likeness (QED) is 0.787. The molecular formula is C20H23NO4. The molecule has 3 rings (SSSR count). The van der Waals surface area contributed by atoms with Crippen LogP contribution in [0.3, 0.4) is 0 Å². The normalized spacial score (nSPS) is 15.5. The van der Waals surface area contributed by atoms with Crippen LogP contribution in [-0.4, -0.2) is 31.8 Å². The maximum atomic E-state index is 12.2. The van der Waals surface area contributed by atoms with Gasteiger partial charge >= 0.3 is 0 Å². The van der Waals surface area contributed by atoms with Crippen molar-refractivity contribution in [3.8, 4) is 17.2 Å². The molecule has 1 amide bonds. The highest BCUT2D eigenvalue weighted by atomic mass is 16.6. The number of ether oxygens (including phenoxy) is 3. The van der Waals surface area contributed by atoms with Crippen LogP contribution in [0.1, 0.15) is 18.9 Å². The van der Waals surface area contributed by atoms with Gasteiger partial charge in [-0.15, -0.1) is 0 Å². The zero-order valence-corrected chi connectivity index (χ0v) is 14.4. The van der Waals surface area contributed by atoms with Gasteiger partial charge in [-0.1, -0.05) is 37.6 Å². The zero-order chi connectivity index (χ0) is 17.5. The first-order valence-electron chi connectivity index (χ1n) is 8.64. The molecule has 0 fully saturated rings. The van der Waals surface area contributed by atoms with Gasteiger partial charge in [0.1, 0.15) is 19.0 Å². The number of benzene rings is 2. The topological polar surface area (TPSA) is 56.8 Å². The summed E-state index contributed by atoms with van der Waals surface area (Å²) in [7, 11) is 0. The fraction of sp³-hybridized carbons (Fsp3) is 0.350. The van der Waals surface area contributed by atoms with Gasteiger partial charge in [0.2, 0.25) is 6.10 Å². The Morgan fingerprint density at radius 3 is 2.68 bits per heavy atom. The molecule has 1 heterocycles. The molecule has 0 radical (unpaired) electrons. The fourth-order valence-electron chi connectivity index (χ4n) is 2.65. The number of nitrogens with one attached hydrogen (secondary N) is 1. The highest BCUT2D eigenvalue weighted by Crippen LogP contribution is 2.30. The van der Waals surface area contributed by atoms with Crippen LogP contribution in [0.15, 0.2) is 48.5 Å². The van der Waals surface area contributed by atoms with Gasteiger partial charge in [0, 0.05) is 0 Å². The maximum absolute atomic E-state index is 12.2. The van der Waals surface area contributed by atoms with E-state index in [0.717, 1.165) is 18.6 Å². The molecule has 1 aliphatic rings. The van der Waals surface area contributed by atoms with Crippen LogP contribution < -0.4 is 19.5 Å². The smallest absolute Gasteiger partial charge is 0.264 e. The number of carbonyl (C=O) groups is 1. The van der Waals surface area contributed by atoms with Gasteiger partial charge in [-0.05, 0) is 36.2 Å². The van der Waals surface area contributed by atoms with Crippen LogP contribution in [0.4, 0.5) is 0 Å². The second kappa shape index (κ2) is 8.42. The van der Waals surface area contributed by atoms with Gasteiger partial charge in [0.15, 0.2) is 11.5 Å². The third-order valence-electron chi connectivity index (χ3n) is 3.93. The Labute approximate surface area is 147 Å². The number of hydrogen-bond donors (Lipinski definition) is 1. The molecule has 1 atom stereocenters. The first kappa shape index (κ1) is 17.1. The summed E-state index contributed by atoms with van der Waals surface area (Å²) in [5.74, 6) is 1.87. The lowest BCUT2D eigenvalue weighted by atomic mass is 10.1. The molecule has 0 aromatic heterocycles. The van der Waals surface area contributed by atoms with Crippen molar-refractivity contribution in [2.45, 2.75) is 25.9 Å². The van der Waals surface area contributed by atoms with Gasteiger partial charge in [-0.2, -0.15) is 0 Å². The average molecular weight is 341 g/mol. The number of carbonyl (C=O) groups excluding carboxylic acids is 1. The van der Waals surface area contributed by atoms with E-state index in [1.165, 1.54) is 5.56 Å². The molecule has 2 aromatic rings. The number of rotatable bonds is 7. The highest BCUT2D eigenvalue weighted by Gasteiger charge is 2.26. The summed E-state index contributed by atoms with van der Waals surface area (Å²) in [5, 5.41) is 2.82. The number of fused-ring (bicyclic) bond motifs is 1. The summed E-state index contributed by atoms with van der Waals surface area (Å²) in [4.78, 5) is 12.2.